The van der Waals surface area contributed by atoms with E-state index in [1.807, 2.05) is 32.2 Å². The predicted octanol–water partition coefficient (Wildman–Crippen LogP) is 12.8. The molecule has 0 amide bonds. The molecule has 3 nitrogen and oxygen atoms in total. The molecule has 0 atom stereocenters. The second kappa shape index (κ2) is 13.2. The number of hydrogen-bond acceptors (Lipinski definition) is 3. The molecule has 3 heteroatoms. The third-order valence-electron chi connectivity index (χ3n) is 10.0. The maximum atomic E-state index is 5.17. The molecule has 246 valence electrons. The fourth-order valence-corrected chi connectivity index (χ4v) is 7.13. The molecule has 0 radical (unpaired) electrons. The van der Waals surface area contributed by atoms with Gasteiger partial charge in [0.2, 0.25) is 0 Å². The van der Waals surface area contributed by atoms with Crippen LogP contribution in [0.2, 0.25) is 0 Å². The standard InChI is InChI=1S/C49H35N3/c1-32-33(2)51-49(31-50-32)37-23-21-34(22-24-37)39-25-40(27-42(26-39)46-28-38-17-9-10-18-43(38)44-19-11-12-20-45(44)46)41-29-47(35-13-5-3-6-14-35)52-48(30-41)36-15-7-4-8-16-36/h3-31H,1-2H3. The largest absolute Gasteiger partial charge is 0.257 e. The fourth-order valence-electron chi connectivity index (χ4n) is 7.13. The molecule has 52 heavy (non-hydrogen) atoms. The van der Waals surface area contributed by atoms with Crippen LogP contribution in [0.1, 0.15) is 11.4 Å². The molecule has 0 aliphatic carbocycles. The van der Waals surface area contributed by atoms with Crippen molar-refractivity contribution in [3.05, 3.63) is 187 Å². The Bertz CT molecular complexity index is 2680. The van der Waals surface area contributed by atoms with Crippen LogP contribution in [-0.2, 0) is 0 Å². The van der Waals surface area contributed by atoms with Gasteiger partial charge < -0.3 is 0 Å². The van der Waals surface area contributed by atoms with Crippen LogP contribution in [-0.4, -0.2) is 15.0 Å². The van der Waals surface area contributed by atoms with E-state index in [1.54, 1.807) is 0 Å². The van der Waals surface area contributed by atoms with Gasteiger partial charge in [-0.15, -0.1) is 0 Å². The number of hydrogen-bond donors (Lipinski definition) is 0. The van der Waals surface area contributed by atoms with Gasteiger partial charge in [0, 0.05) is 16.7 Å². The summed E-state index contributed by atoms with van der Waals surface area (Å²) in [4.78, 5) is 14.5. The molecule has 0 spiro atoms. The minimum absolute atomic E-state index is 0.880. The van der Waals surface area contributed by atoms with Gasteiger partial charge in [0.05, 0.1) is 34.7 Å². The van der Waals surface area contributed by atoms with Gasteiger partial charge in [-0.2, -0.15) is 0 Å². The molecule has 0 N–H and O–H groups in total. The number of aryl methyl sites for hydroxylation is 2. The molecule has 0 unspecified atom stereocenters. The van der Waals surface area contributed by atoms with Gasteiger partial charge in [0.1, 0.15) is 0 Å². The number of aromatic nitrogens is 3. The first-order valence-electron chi connectivity index (χ1n) is 17.7. The SMILES string of the molecule is Cc1ncc(-c2ccc(-c3cc(-c4cc(-c5ccccc5)nc(-c5ccccc5)c4)cc(-c4cc5ccccc5c5ccccc45)c3)cc2)nc1C. The zero-order valence-corrected chi connectivity index (χ0v) is 29.1. The van der Waals surface area contributed by atoms with Crippen LogP contribution in [0.15, 0.2) is 176 Å². The highest BCUT2D eigenvalue weighted by molar-refractivity contribution is 6.14. The highest BCUT2D eigenvalue weighted by Crippen LogP contribution is 2.40. The third-order valence-corrected chi connectivity index (χ3v) is 10.0. The lowest BCUT2D eigenvalue weighted by Gasteiger charge is -2.16. The summed E-state index contributed by atoms with van der Waals surface area (Å²) in [7, 11) is 0. The van der Waals surface area contributed by atoms with E-state index in [2.05, 4.69) is 163 Å². The van der Waals surface area contributed by atoms with E-state index < -0.39 is 0 Å². The Kier molecular flexibility index (Phi) is 7.94. The first-order valence-corrected chi connectivity index (χ1v) is 17.7. The van der Waals surface area contributed by atoms with E-state index in [-0.39, 0.29) is 0 Å². The molecule has 0 aliphatic heterocycles. The number of pyridine rings is 1. The number of nitrogens with zero attached hydrogens (tertiary/aromatic N) is 3. The second-order valence-corrected chi connectivity index (χ2v) is 13.4. The molecule has 9 rings (SSSR count). The highest BCUT2D eigenvalue weighted by Gasteiger charge is 2.15. The molecule has 7 aromatic carbocycles. The summed E-state index contributed by atoms with van der Waals surface area (Å²) in [5.74, 6) is 0. The highest BCUT2D eigenvalue weighted by atomic mass is 14.8. The summed E-state index contributed by atoms with van der Waals surface area (Å²) in [6.45, 7) is 4.00. The van der Waals surface area contributed by atoms with Crippen LogP contribution >= 0.6 is 0 Å². The van der Waals surface area contributed by atoms with Crippen molar-refractivity contribution in [3.63, 3.8) is 0 Å². The van der Waals surface area contributed by atoms with Crippen molar-refractivity contribution in [3.8, 4) is 67.2 Å². The predicted molar refractivity (Wildman–Crippen MR) is 217 cm³/mol. The monoisotopic (exact) mass is 665 g/mol. The summed E-state index contributed by atoms with van der Waals surface area (Å²) < 4.78 is 0. The zero-order chi connectivity index (χ0) is 35.0. The van der Waals surface area contributed by atoms with E-state index in [4.69, 9.17) is 9.97 Å². The first kappa shape index (κ1) is 31.3. The first-order chi connectivity index (χ1) is 25.6. The van der Waals surface area contributed by atoms with Crippen molar-refractivity contribution in [2.45, 2.75) is 13.8 Å². The van der Waals surface area contributed by atoms with Crippen molar-refractivity contribution in [2.75, 3.05) is 0 Å². The van der Waals surface area contributed by atoms with Crippen LogP contribution in [0.25, 0.3) is 88.7 Å². The average molecular weight is 666 g/mol. The molecule has 0 saturated carbocycles. The van der Waals surface area contributed by atoms with Crippen molar-refractivity contribution in [1.82, 2.24) is 15.0 Å². The number of rotatable bonds is 6. The molecule has 2 aromatic heterocycles. The van der Waals surface area contributed by atoms with Gasteiger partial charge in [0.25, 0.3) is 0 Å². The van der Waals surface area contributed by atoms with Gasteiger partial charge in [-0.3, -0.25) is 4.98 Å². The van der Waals surface area contributed by atoms with E-state index in [0.29, 0.717) is 0 Å². The average Bonchev–Trinajstić information content (AvgIpc) is 3.22. The number of fused-ring (bicyclic) bond motifs is 3. The number of benzene rings is 7. The fraction of sp³-hybridized carbons (Fsp3) is 0.0408. The summed E-state index contributed by atoms with van der Waals surface area (Å²) in [5, 5.41) is 4.97. The molecular weight excluding hydrogens is 631 g/mol. The van der Waals surface area contributed by atoms with Crippen molar-refractivity contribution >= 4 is 21.5 Å². The topological polar surface area (TPSA) is 38.7 Å². The minimum Gasteiger partial charge on any atom is -0.257 e. The quantitative estimate of drug-likeness (QED) is 0.166. The molecule has 2 heterocycles. The van der Waals surface area contributed by atoms with Crippen LogP contribution in [0.3, 0.4) is 0 Å². The molecule has 0 fully saturated rings. The van der Waals surface area contributed by atoms with Gasteiger partial charge in [-0.1, -0.05) is 133 Å². The molecule has 0 saturated heterocycles. The van der Waals surface area contributed by atoms with Crippen molar-refractivity contribution in [2.24, 2.45) is 0 Å². The Morgan fingerprint density at radius 2 is 0.827 bits per heavy atom. The van der Waals surface area contributed by atoms with E-state index >= 15 is 0 Å². The maximum Gasteiger partial charge on any atom is 0.0888 e. The Morgan fingerprint density at radius 1 is 0.327 bits per heavy atom. The van der Waals surface area contributed by atoms with E-state index in [0.717, 1.165) is 73.0 Å². The van der Waals surface area contributed by atoms with Crippen LogP contribution in [0.4, 0.5) is 0 Å². The molecule has 9 aromatic rings. The normalized spacial score (nSPS) is 11.3. The van der Waals surface area contributed by atoms with Gasteiger partial charge in [-0.25, -0.2) is 9.97 Å². The Hall–Kier alpha value is -6.71. The van der Waals surface area contributed by atoms with E-state index in [9.17, 15) is 0 Å². The van der Waals surface area contributed by atoms with Crippen LogP contribution in [0, 0.1) is 13.8 Å². The van der Waals surface area contributed by atoms with Crippen molar-refractivity contribution < 1.29 is 0 Å². The minimum atomic E-state index is 0.880. The van der Waals surface area contributed by atoms with Gasteiger partial charge in [0.15, 0.2) is 0 Å². The lowest BCUT2D eigenvalue weighted by atomic mass is 9.89. The van der Waals surface area contributed by atoms with Crippen LogP contribution in [0.5, 0.6) is 0 Å². The maximum absolute atomic E-state index is 5.17. The smallest absolute Gasteiger partial charge is 0.0888 e. The summed E-state index contributed by atoms with van der Waals surface area (Å²) in [5.41, 5.74) is 14.8. The third kappa shape index (κ3) is 5.93. The van der Waals surface area contributed by atoms with Crippen LogP contribution < -0.4 is 0 Å². The van der Waals surface area contributed by atoms with Gasteiger partial charge >= 0.3 is 0 Å². The second-order valence-electron chi connectivity index (χ2n) is 13.4. The van der Waals surface area contributed by atoms with Crippen molar-refractivity contribution in [1.29, 1.82) is 0 Å². The lowest BCUT2D eigenvalue weighted by molar-refractivity contribution is 1.05. The Labute approximate surface area is 304 Å². The summed E-state index contributed by atoms with van der Waals surface area (Å²) >= 11 is 0. The summed E-state index contributed by atoms with van der Waals surface area (Å²) in [6, 6.07) is 60.8. The zero-order valence-electron chi connectivity index (χ0n) is 29.1. The molecular formula is C49H35N3. The lowest BCUT2D eigenvalue weighted by Crippen LogP contribution is -1.94. The molecule has 0 bridgehead atoms. The summed E-state index contributed by atoms with van der Waals surface area (Å²) in [6.07, 6.45) is 1.86. The Balaban J connectivity index is 1.27. The molecule has 0 aliphatic rings. The Morgan fingerprint density at radius 3 is 1.48 bits per heavy atom. The van der Waals surface area contributed by atoms with Gasteiger partial charge in [-0.05, 0) is 105 Å². The van der Waals surface area contributed by atoms with E-state index in [1.165, 1.54) is 27.1 Å².